The number of rotatable bonds is 7. The Morgan fingerprint density at radius 2 is 1.90 bits per heavy atom. The van der Waals surface area contributed by atoms with Crippen molar-refractivity contribution in [3.05, 3.63) is 17.7 Å². The van der Waals surface area contributed by atoms with E-state index in [2.05, 4.69) is 30.6 Å². The first kappa shape index (κ1) is 15.5. The first-order valence-electron chi connectivity index (χ1n) is 7.21. The lowest BCUT2D eigenvalue weighted by molar-refractivity contribution is 0.239. The van der Waals surface area contributed by atoms with E-state index >= 15 is 0 Å². The summed E-state index contributed by atoms with van der Waals surface area (Å²) in [4.78, 5) is 1.25. The number of methoxy groups -OCH3 is 2. The highest BCUT2D eigenvalue weighted by Gasteiger charge is 2.23. The number of hydrogen-bond acceptors (Lipinski definition) is 4. The van der Waals surface area contributed by atoms with Crippen molar-refractivity contribution >= 4 is 11.8 Å². The largest absolute Gasteiger partial charge is 0.493 e. The normalized spacial score (nSPS) is 16.6. The van der Waals surface area contributed by atoms with Gasteiger partial charge in [-0.05, 0) is 49.6 Å². The molecule has 1 fully saturated rings. The molecule has 3 nitrogen and oxygen atoms in total. The highest BCUT2D eigenvalue weighted by Crippen LogP contribution is 2.35. The maximum Gasteiger partial charge on any atom is 0.161 e. The van der Waals surface area contributed by atoms with E-state index in [1.54, 1.807) is 26.0 Å². The molecule has 0 spiro atoms. The van der Waals surface area contributed by atoms with Gasteiger partial charge < -0.3 is 14.8 Å². The molecule has 1 saturated carbocycles. The molecule has 1 aromatic rings. The van der Waals surface area contributed by atoms with E-state index in [1.165, 1.54) is 29.7 Å². The smallest absolute Gasteiger partial charge is 0.161 e. The second-order valence-corrected chi connectivity index (χ2v) is 6.23. The first-order valence-corrected chi connectivity index (χ1v) is 8.44. The zero-order valence-electron chi connectivity index (χ0n) is 12.9. The lowest BCUT2D eigenvalue weighted by atomic mass is 9.80. The molecule has 20 heavy (non-hydrogen) atoms. The van der Waals surface area contributed by atoms with Gasteiger partial charge >= 0.3 is 0 Å². The standard InChI is InChI=1S/C16H25NO2S/c1-11(12-6-5-7-12)17-10-13-8-14(18-2)15(19-3)9-16(13)20-4/h8-9,11-12,17H,5-7,10H2,1-4H3. The highest BCUT2D eigenvalue weighted by molar-refractivity contribution is 7.98. The van der Waals surface area contributed by atoms with E-state index in [-0.39, 0.29) is 0 Å². The van der Waals surface area contributed by atoms with Crippen LogP contribution in [0, 0.1) is 5.92 Å². The molecule has 112 valence electrons. The third kappa shape index (κ3) is 3.41. The fourth-order valence-corrected chi connectivity index (χ4v) is 3.23. The second kappa shape index (κ2) is 7.23. The second-order valence-electron chi connectivity index (χ2n) is 5.38. The lowest BCUT2D eigenvalue weighted by Crippen LogP contribution is -2.36. The molecule has 1 unspecified atom stereocenters. The summed E-state index contributed by atoms with van der Waals surface area (Å²) in [5.74, 6) is 2.46. The van der Waals surface area contributed by atoms with Crippen LogP contribution in [0.25, 0.3) is 0 Å². The van der Waals surface area contributed by atoms with Crippen LogP contribution in [0.4, 0.5) is 0 Å². The minimum atomic E-state index is 0.589. The zero-order valence-corrected chi connectivity index (χ0v) is 13.7. The summed E-state index contributed by atoms with van der Waals surface area (Å²) < 4.78 is 10.8. The third-order valence-electron chi connectivity index (χ3n) is 4.26. The van der Waals surface area contributed by atoms with Gasteiger partial charge in [0.25, 0.3) is 0 Å². The van der Waals surface area contributed by atoms with Gasteiger partial charge in [0.15, 0.2) is 11.5 Å². The first-order chi connectivity index (χ1) is 9.69. The topological polar surface area (TPSA) is 30.5 Å². The summed E-state index contributed by atoms with van der Waals surface area (Å²) >= 11 is 1.75. The van der Waals surface area contributed by atoms with Gasteiger partial charge in [-0.25, -0.2) is 0 Å². The van der Waals surface area contributed by atoms with E-state index in [0.29, 0.717) is 6.04 Å². The van der Waals surface area contributed by atoms with E-state index < -0.39 is 0 Å². The molecule has 1 aliphatic carbocycles. The molecule has 0 aromatic heterocycles. The predicted octanol–water partition coefficient (Wildman–Crippen LogP) is 3.70. The monoisotopic (exact) mass is 295 g/mol. The van der Waals surface area contributed by atoms with Crippen molar-refractivity contribution in [2.45, 2.75) is 43.7 Å². The molecular formula is C16H25NO2S. The molecule has 0 amide bonds. The van der Waals surface area contributed by atoms with Crippen molar-refractivity contribution in [2.24, 2.45) is 5.92 Å². The van der Waals surface area contributed by atoms with Crippen molar-refractivity contribution in [2.75, 3.05) is 20.5 Å². The summed E-state index contributed by atoms with van der Waals surface area (Å²) in [6, 6.07) is 4.74. The van der Waals surface area contributed by atoms with Gasteiger partial charge in [-0.3, -0.25) is 0 Å². The number of hydrogen-bond donors (Lipinski definition) is 1. The number of thioether (sulfide) groups is 1. The zero-order chi connectivity index (χ0) is 14.5. The highest BCUT2D eigenvalue weighted by atomic mass is 32.2. The van der Waals surface area contributed by atoms with Crippen LogP contribution in [0.1, 0.15) is 31.7 Å². The van der Waals surface area contributed by atoms with Crippen LogP contribution in [0.2, 0.25) is 0 Å². The maximum absolute atomic E-state index is 5.40. The molecule has 0 bridgehead atoms. The molecule has 0 saturated heterocycles. The van der Waals surface area contributed by atoms with Crippen molar-refractivity contribution < 1.29 is 9.47 Å². The average Bonchev–Trinajstić information content (AvgIpc) is 2.42. The van der Waals surface area contributed by atoms with Crippen LogP contribution in [0.5, 0.6) is 11.5 Å². The van der Waals surface area contributed by atoms with Crippen LogP contribution in [0.15, 0.2) is 17.0 Å². The van der Waals surface area contributed by atoms with Crippen molar-refractivity contribution in [1.29, 1.82) is 0 Å². The number of nitrogens with one attached hydrogen (secondary N) is 1. The summed E-state index contributed by atoms with van der Waals surface area (Å²) in [7, 11) is 3.36. The Labute approximate surface area is 126 Å². The van der Waals surface area contributed by atoms with Crippen LogP contribution in [-0.4, -0.2) is 26.5 Å². The Hall–Kier alpha value is -0.870. The summed E-state index contributed by atoms with van der Waals surface area (Å²) in [6.45, 7) is 3.18. The quantitative estimate of drug-likeness (QED) is 0.777. The minimum absolute atomic E-state index is 0.589. The molecule has 0 heterocycles. The molecular weight excluding hydrogens is 270 g/mol. The lowest BCUT2D eigenvalue weighted by Gasteiger charge is -2.32. The SMILES string of the molecule is COc1cc(CNC(C)C2CCC2)c(SC)cc1OC. The Morgan fingerprint density at radius 3 is 2.40 bits per heavy atom. The fraction of sp³-hybridized carbons (Fsp3) is 0.625. The van der Waals surface area contributed by atoms with Crippen molar-refractivity contribution in [3.63, 3.8) is 0 Å². The van der Waals surface area contributed by atoms with E-state index in [4.69, 9.17) is 9.47 Å². The van der Waals surface area contributed by atoms with Gasteiger partial charge in [0.2, 0.25) is 0 Å². The van der Waals surface area contributed by atoms with Crippen LogP contribution in [0.3, 0.4) is 0 Å². The van der Waals surface area contributed by atoms with Crippen LogP contribution in [-0.2, 0) is 6.54 Å². The van der Waals surface area contributed by atoms with Gasteiger partial charge in [-0.15, -0.1) is 11.8 Å². The van der Waals surface area contributed by atoms with Crippen LogP contribution < -0.4 is 14.8 Å². The van der Waals surface area contributed by atoms with E-state index in [0.717, 1.165) is 24.0 Å². The Morgan fingerprint density at radius 1 is 1.25 bits per heavy atom. The van der Waals surface area contributed by atoms with Gasteiger partial charge in [0, 0.05) is 17.5 Å². The van der Waals surface area contributed by atoms with Crippen LogP contribution >= 0.6 is 11.8 Å². The molecule has 1 atom stereocenters. The summed E-state index contributed by atoms with van der Waals surface area (Å²) in [6.07, 6.45) is 6.23. The van der Waals surface area contributed by atoms with E-state index in [9.17, 15) is 0 Å². The molecule has 1 aromatic carbocycles. The van der Waals surface area contributed by atoms with Gasteiger partial charge in [0.05, 0.1) is 14.2 Å². The third-order valence-corrected chi connectivity index (χ3v) is 5.08. The predicted molar refractivity (Wildman–Crippen MR) is 85.0 cm³/mol. The molecule has 4 heteroatoms. The fourth-order valence-electron chi connectivity index (χ4n) is 2.61. The maximum atomic E-state index is 5.40. The van der Waals surface area contributed by atoms with Gasteiger partial charge in [0.1, 0.15) is 0 Å². The molecule has 1 aliphatic rings. The number of benzene rings is 1. The molecule has 0 aliphatic heterocycles. The van der Waals surface area contributed by atoms with Crippen molar-refractivity contribution in [1.82, 2.24) is 5.32 Å². The summed E-state index contributed by atoms with van der Waals surface area (Å²) in [5.41, 5.74) is 1.28. The average molecular weight is 295 g/mol. The number of ether oxygens (including phenoxy) is 2. The van der Waals surface area contributed by atoms with Gasteiger partial charge in [-0.2, -0.15) is 0 Å². The molecule has 0 radical (unpaired) electrons. The van der Waals surface area contributed by atoms with E-state index in [1.807, 2.05) is 0 Å². The van der Waals surface area contributed by atoms with Crippen molar-refractivity contribution in [3.8, 4) is 11.5 Å². The molecule has 2 rings (SSSR count). The Kier molecular flexibility index (Phi) is 5.61. The summed E-state index contributed by atoms with van der Waals surface area (Å²) in [5, 5.41) is 3.65. The minimum Gasteiger partial charge on any atom is -0.493 e. The molecule has 1 N–H and O–H groups in total. The Balaban J connectivity index is 2.08. The van der Waals surface area contributed by atoms with Gasteiger partial charge in [-0.1, -0.05) is 6.42 Å². The Bertz CT molecular complexity index is 446.